The maximum absolute atomic E-state index is 14.6. The fourth-order valence-electron chi connectivity index (χ4n) is 5.32. The van der Waals surface area contributed by atoms with Crippen LogP contribution in [0.3, 0.4) is 0 Å². The van der Waals surface area contributed by atoms with Crippen LogP contribution in [0.4, 0.5) is 4.79 Å². The monoisotopic (exact) mass is 675 g/mol. The first-order chi connectivity index (χ1) is 23.2. The van der Waals surface area contributed by atoms with Gasteiger partial charge in [-0.05, 0) is 66.4 Å². The highest BCUT2D eigenvalue weighted by atomic mass is 32.1. The maximum Gasteiger partial charge on any atom is 0.329 e. The topological polar surface area (TPSA) is 132 Å². The molecule has 0 aliphatic carbocycles. The van der Waals surface area contributed by atoms with Crippen molar-refractivity contribution < 1.29 is 29.0 Å². The van der Waals surface area contributed by atoms with E-state index >= 15 is 0 Å². The number of hydrogen-bond donors (Lipinski definition) is 4. The average Bonchev–Trinajstić information content (AvgIpc) is 3.49. The molecule has 1 heterocycles. The van der Waals surface area contributed by atoms with Gasteiger partial charge in [-0.1, -0.05) is 60.7 Å². The fraction of sp³-hybridized carbons (Fsp3) is 0.361. The summed E-state index contributed by atoms with van der Waals surface area (Å²) >= 11 is 1.61. The number of likely N-dealkylation sites (N-methyl/N-ethyl adjacent to an activating group) is 1. The van der Waals surface area contributed by atoms with Crippen LogP contribution in [0.25, 0.3) is 10.1 Å². The van der Waals surface area contributed by atoms with Crippen molar-refractivity contribution in [2.75, 3.05) is 26.8 Å². The Labute approximate surface area is 285 Å². The summed E-state index contributed by atoms with van der Waals surface area (Å²) in [5.41, 5.74) is 5.30. The molecule has 0 fully saturated rings. The van der Waals surface area contributed by atoms with E-state index in [1.807, 2.05) is 80.7 Å². The van der Waals surface area contributed by atoms with E-state index in [-0.39, 0.29) is 31.2 Å². The number of fused-ring (bicyclic) bond motifs is 1. The van der Waals surface area contributed by atoms with Crippen LogP contribution in [0.5, 0.6) is 5.75 Å². The predicted octanol–water partition coefficient (Wildman–Crippen LogP) is 4.80. The van der Waals surface area contributed by atoms with Gasteiger partial charge in [0, 0.05) is 44.5 Å². The number of amides is 4. The molecule has 11 nitrogen and oxygen atoms in total. The lowest BCUT2D eigenvalue weighted by Crippen LogP contribution is -2.56. The first-order valence-electron chi connectivity index (χ1n) is 16.0. The van der Waals surface area contributed by atoms with Gasteiger partial charge >= 0.3 is 6.03 Å². The van der Waals surface area contributed by atoms with Crippen molar-refractivity contribution in [3.05, 3.63) is 101 Å². The first-order valence-corrected chi connectivity index (χ1v) is 16.9. The van der Waals surface area contributed by atoms with Gasteiger partial charge in [0.2, 0.25) is 11.8 Å². The quantitative estimate of drug-likeness (QED) is 0.0935. The van der Waals surface area contributed by atoms with Crippen LogP contribution < -0.4 is 16.1 Å². The van der Waals surface area contributed by atoms with Crippen molar-refractivity contribution in [2.45, 2.75) is 58.7 Å². The standard InChI is InChI=1S/C36H45N5O6S/c1-5-46-35(47-6-2)25(3)41(22-28-24-48-32-15-11-10-14-30(28)32)34(44)31(20-26-16-18-29(42)19-17-26)38-33(43)23-40(4)39-36(45)37-21-27-12-8-7-9-13-27/h7-19,24-25,31,35,42H,5-6,20-23H2,1-4H3,(H,38,43)(H2,37,39,45). The van der Waals surface area contributed by atoms with Gasteiger partial charge in [-0.3, -0.25) is 15.0 Å². The molecule has 48 heavy (non-hydrogen) atoms. The molecule has 4 aromatic rings. The summed E-state index contributed by atoms with van der Waals surface area (Å²) in [6, 6.07) is 22.1. The van der Waals surface area contributed by atoms with E-state index in [0.29, 0.717) is 19.8 Å². The normalized spacial score (nSPS) is 12.5. The van der Waals surface area contributed by atoms with E-state index in [9.17, 15) is 19.5 Å². The van der Waals surface area contributed by atoms with E-state index in [2.05, 4.69) is 16.1 Å². The average molecular weight is 676 g/mol. The number of hydrazine groups is 1. The molecule has 0 saturated carbocycles. The van der Waals surface area contributed by atoms with Gasteiger partial charge in [0.15, 0.2) is 6.29 Å². The molecule has 2 unspecified atom stereocenters. The van der Waals surface area contributed by atoms with Crippen LogP contribution in [-0.4, -0.2) is 78.0 Å². The number of carbonyl (C=O) groups excluding carboxylic acids is 3. The summed E-state index contributed by atoms with van der Waals surface area (Å²) in [6.45, 7) is 6.81. The Balaban J connectivity index is 1.54. The molecule has 4 N–H and O–H groups in total. The molecule has 4 amide bonds. The Morgan fingerprint density at radius 2 is 1.56 bits per heavy atom. The number of thiophene rings is 1. The number of ether oxygens (including phenoxy) is 2. The van der Waals surface area contributed by atoms with Gasteiger partial charge in [0.25, 0.3) is 0 Å². The summed E-state index contributed by atoms with van der Waals surface area (Å²) in [5.74, 6) is -0.683. The molecule has 256 valence electrons. The van der Waals surface area contributed by atoms with Crippen LogP contribution in [-0.2, 0) is 38.6 Å². The summed E-state index contributed by atoms with van der Waals surface area (Å²) in [5, 5.41) is 20.0. The maximum atomic E-state index is 14.6. The Kier molecular flexibility index (Phi) is 13.8. The number of urea groups is 1. The zero-order valence-electron chi connectivity index (χ0n) is 27.8. The predicted molar refractivity (Wildman–Crippen MR) is 187 cm³/mol. The third-order valence-electron chi connectivity index (χ3n) is 7.71. The molecular weight excluding hydrogens is 630 g/mol. The molecule has 0 bridgehead atoms. The zero-order chi connectivity index (χ0) is 34.5. The van der Waals surface area contributed by atoms with E-state index in [4.69, 9.17) is 9.47 Å². The van der Waals surface area contributed by atoms with Crippen LogP contribution in [0.1, 0.15) is 37.5 Å². The summed E-state index contributed by atoms with van der Waals surface area (Å²) in [7, 11) is 1.57. The number of rotatable bonds is 17. The number of nitrogens with one attached hydrogen (secondary N) is 3. The van der Waals surface area contributed by atoms with Crippen LogP contribution in [0.15, 0.2) is 84.2 Å². The molecule has 0 radical (unpaired) electrons. The highest BCUT2D eigenvalue weighted by Gasteiger charge is 2.34. The van der Waals surface area contributed by atoms with Crippen molar-refractivity contribution in [1.82, 2.24) is 26.0 Å². The molecule has 3 aromatic carbocycles. The van der Waals surface area contributed by atoms with Crippen LogP contribution in [0, 0.1) is 0 Å². The Hall–Kier alpha value is -4.49. The Morgan fingerprint density at radius 1 is 0.896 bits per heavy atom. The Bertz CT molecular complexity index is 1610. The number of carbonyl (C=O) groups is 3. The molecule has 2 atom stereocenters. The third-order valence-corrected chi connectivity index (χ3v) is 8.72. The largest absolute Gasteiger partial charge is 0.508 e. The molecule has 1 aromatic heterocycles. The minimum Gasteiger partial charge on any atom is -0.508 e. The fourth-order valence-corrected chi connectivity index (χ4v) is 6.27. The molecule has 0 aliphatic rings. The highest BCUT2D eigenvalue weighted by Crippen LogP contribution is 2.28. The minimum atomic E-state index is -0.974. The van der Waals surface area contributed by atoms with Gasteiger partial charge in [0.05, 0.1) is 12.6 Å². The second-order valence-electron chi connectivity index (χ2n) is 11.4. The number of phenolic OH excluding ortho intramolecular Hbond substituents is 1. The molecule has 4 rings (SSSR count). The minimum absolute atomic E-state index is 0.0970. The van der Waals surface area contributed by atoms with Gasteiger partial charge in [-0.15, -0.1) is 11.3 Å². The van der Waals surface area contributed by atoms with Crippen molar-refractivity contribution in [3.8, 4) is 5.75 Å². The van der Waals surface area contributed by atoms with E-state index in [0.717, 1.165) is 26.8 Å². The summed E-state index contributed by atoms with van der Waals surface area (Å²) in [4.78, 5) is 42.2. The van der Waals surface area contributed by atoms with Crippen LogP contribution >= 0.6 is 11.3 Å². The van der Waals surface area contributed by atoms with Gasteiger partial charge < -0.3 is 30.1 Å². The molecule has 12 heteroatoms. The summed E-state index contributed by atoms with van der Waals surface area (Å²) < 4.78 is 13.0. The first kappa shape index (κ1) is 36.3. The van der Waals surface area contributed by atoms with Crippen molar-refractivity contribution in [1.29, 1.82) is 0 Å². The number of nitrogens with zero attached hydrogens (tertiary/aromatic N) is 2. The van der Waals surface area contributed by atoms with E-state index < -0.39 is 30.3 Å². The smallest absolute Gasteiger partial charge is 0.329 e. The van der Waals surface area contributed by atoms with Gasteiger partial charge in [-0.2, -0.15) is 0 Å². The number of benzene rings is 3. The molecule has 0 saturated heterocycles. The number of aromatic hydroxyl groups is 1. The highest BCUT2D eigenvalue weighted by molar-refractivity contribution is 7.17. The van der Waals surface area contributed by atoms with Crippen molar-refractivity contribution >= 4 is 39.3 Å². The number of hydrogen-bond acceptors (Lipinski definition) is 8. The second-order valence-corrected chi connectivity index (χ2v) is 12.3. The lowest BCUT2D eigenvalue weighted by atomic mass is 10.0. The van der Waals surface area contributed by atoms with E-state index in [1.54, 1.807) is 47.5 Å². The zero-order valence-corrected chi connectivity index (χ0v) is 28.7. The molecule has 0 spiro atoms. The second kappa shape index (κ2) is 18.2. The SMILES string of the molecule is CCOC(OCC)C(C)N(Cc1csc2ccccc12)C(=O)C(Cc1ccc(O)cc1)NC(=O)CN(C)NC(=O)NCc1ccccc1. The van der Waals surface area contributed by atoms with Gasteiger partial charge in [0.1, 0.15) is 11.8 Å². The van der Waals surface area contributed by atoms with Crippen LogP contribution in [0.2, 0.25) is 0 Å². The van der Waals surface area contributed by atoms with Gasteiger partial charge in [-0.25, -0.2) is 9.80 Å². The van der Waals surface area contributed by atoms with Crippen molar-refractivity contribution in [3.63, 3.8) is 0 Å². The summed E-state index contributed by atoms with van der Waals surface area (Å²) in [6.07, 6.45) is -0.523. The molecular formula is C36H45N5O6S. The van der Waals surface area contributed by atoms with E-state index in [1.165, 1.54) is 5.01 Å². The van der Waals surface area contributed by atoms with Crippen molar-refractivity contribution in [2.24, 2.45) is 0 Å². The number of phenols is 1. The molecule has 0 aliphatic heterocycles. The Morgan fingerprint density at radius 3 is 2.25 bits per heavy atom. The third kappa shape index (κ3) is 10.5. The lowest BCUT2D eigenvalue weighted by Gasteiger charge is -2.36. The lowest BCUT2D eigenvalue weighted by molar-refractivity contribution is -0.179.